The molecule has 2 aliphatic heterocycles. The number of rotatable bonds is 3. The Bertz CT molecular complexity index is 2000. The van der Waals surface area contributed by atoms with E-state index in [1.807, 2.05) is 63.2 Å². The Morgan fingerprint density at radius 2 is 1.62 bits per heavy atom. The molecular formula is C38H43FN6O5. The second-order valence-corrected chi connectivity index (χ2v) is 15.6. The second-order valence-electron chi connectivity index (χ2n) is 15.6. The number of alkyl halides is 1. The number of fused-ring (bicyclic) bond motifs is 3. The van der Waals surface area contributed by atoms with Crippen molar-refractivity contribution >= 4 is 23.2 Å². The van der Waals surface area contributed by atoms with Crippen LogP contribution in [0, 0.1) is 17.8 Å². The average molecular weight is 683 g/mol. The predicted molar refractivity (Wildman–Crippen MR) is 184 cm³/mol. The highest BCUT2D eigenvalue weighted by Crippen LogP contribution is 2.56. The minimum absolute atomic E-state index is 0.124. The van der Waals surface area contributed by atoms with Gasteiger partial charge in [-0.3, -0.25) is 9.80 Å². The minimum atomic E-state index is -1.62. The number of aliphatic hydroxyl groups is 1. The number of hydrogen-bond acceptors (Lipinski definition) is 7. The molecule has 3 aliphatic rings. The third-order valence-electron chi connectivity index (χ3n) is 9.39. The van der Waals surface area contributed by atoms with Gasteiger partial charge in [0, 0.05) is 36.4 Å². The summed E-state index contributed by atoms with van der Waals surface area (Å²) in [5.74, 6) is 6.96. The lowest BCUT2D eigenvalue weighted by Gasteiger charge is -2.40. The zero-order valence-electron chi connectivity index (χ0n) is 29.2. The number of likely N-dealkylation sites (tertiary alicyclic amines) is 2. The van der Waals surface area contributed by atoms with Crippen molar-refractivity contribution in [2.24, 2.45) is 5.92 Å². The van der Waals surface area contributed by atoms with Gasteiger partial charge in [-0.25, -0.2) is 23.9 Å². The lowest BCUT2D eigenvalue weighted by Crippen LogP contribution is -2.53. The van der Waals surface area contributed by atoms with E-state index in [1.54, 1.807) is 31.9 Å². The van der Waals surface area contributed by atoms with E-state index in [0.29, 0.717) is 23.4 Å². The van der Waals surface area contributed by atoms with E-state index < -0.39 is 41.2 Å². The number of H-pyrrole nitrogens is 2. The Balaban J connectivity index is 1.06. The highest BCUT2D eigenvalue weighted by atomic mass is 19.1. The molecule has 11 nitrogen and oxygen atoms in total. The van der Waals surface area contributed by atoms with E-state index in [4.69, 9.17) is 14.5 Å². The van der Waals surface area contributed by atoms with Crippen LogP contribution >= 0.6 is 0 Å². The molecule has 0 unspecified atom stereocenters. The van der Waals surface area contributed by atoms with E-state index in [9.17, 15) is 14.7 Å². The quantitative estimate of drug-likeness (QED) is 0.195. The number of ether oxygens (including phenoxy) is 2. The van der Waals surface area contributed by atoms with Crippen LogP contribution in [0.15, 0.2) is 48.7 Å². The molecule has 2 saturated heterocycles. The van der Waals surface area contributed by atoms with Crippen LogP contribution in [0.3, 0.4) is 0 Å². The lowest BCUT2D eigenvalue weighted by molar-refractivity contribution is -0.114. The van der Waals surface area contributed by atoms with Crippen LogP contribution in [0.25, 0.3) is 22.3 Å². The number of aromatic amines is 2. The number of aromatic nitrogens is 4. The van der Waals surface area contributed by atoms with Crippen molar-refractivity contribution in [2.45, 2.75) is 102 Å². The van der Waals surface area contributed by atoms with Gasteiger partial charge in [-0.2, -0.15) is 0 Å². The number of piperidine rings is 1. The van der Waals surface area contributed by atoms with Crippen molar-refractivity contribution in [3.63, 3.8) is 0 Å². The van der Waals surface area contributed by atoms with Crippen LogP contribution in [-0.2, 0) is 9.47 Å². The van der Waals surface area contributed by atoms with Crippen LogP contribution < -0.4 is 0 Å². The first-order valence-electron chi connectivity index (χ1n) is 17.1. The van der Waals surface area contributed by atoms with Gasteiger partial charge in [-0.1, -0.05) is 24.0 Å². The summed E-state index contributed by atoms with van der Waals surface area (Å²) in [6.07, 6.45) is 1.19. The molecule has 5 atom stereocenters. The molecule has 4 heterocycles. The van der Waals surface area contributed by atoms with E-state index in [1.165, 1.54) is 4.90 Å². The number of benzene rings is 2. The van der Waals surface area contributed by atoms with Gasteiger partial charge in [0.2, 0.25) is 0 Å². The molecule has 2 bridgehead atoms. The number of amides is 2. The molecule has 1 saturated carbocycles. The summed E-state index contributed by atoms with van der Waals surface area (Å²) in [5, 5.41) is 11.3. The Labute approximate surface area is 290 Å². The van der Waals surface area contributed by atoms with Crippen molar-refractivity contribution in [3.05, 3.63) is 71.4 Å². The van der Waals surface area contributed by atoms with E-state index >= 15 is 4.39 Å². The Hall–Kier alpha value is -4.89. The maximum atomic E-state index is 15.0. The van der Waals surface area contributed by atoms with Crippen LogP contribution in [0.2, 0.25) is 0 Å². The molecule has 262 valence electrons. The summed E-state index contributed by atoms with van der Waals surface area (Å²) in [5.41, 5.74) is 1.75. The molecule has 0 spiro atoms. The topological polar surface area (TPSA) is 137 Å². The number of nitrogens with one attached hydrogen (secondary N) is 2. The van der Waals surface area contributed by atoms with Gasteiger partial charge >= 0.3 is 12.2 Å². The third kappa shape index (κ3) is 6.54. The van der Waals surface area contributed by atoms with Gasteiger partial charge < -0.3 is 24.5 Å². The summed E-state index contributed by atoms with van der Waals surface area (Å²) in [6.45, 7) is 11.5. The van der Waals surface area contributed by atoms with Gasteiger partial charge in [-0.05, 0) is 90.3 Å². The number of halogens is 1. The molecule has 50 heavy (non-hydrogen) atoms. The Morgan fingerprint density at radius 1 is 0.940 bits per heavy atom. The normalized spacial score (nSPS) is 24.8. The molecule has 2 aromatic carbocycles. The fourth-order valence-corrected chi connectivity index (χ4v) is 7.30. The Kier molecular flexibility index (Phi) is 8.17. The van der Waals surface area contributed by atoms with Gasteiger partial charge in [0.1, 0.15) is 40.8 Å². The van der Waals surface area contributed by atoms with Crippen LogP contribution in [0.4, 0.5) is 14.0 Å². The third-order valence-corrected chi connectivity index (χ3v) is 9.39. The number of imidazole rings is 2. The van der Waals surface area contributed by atoms with Crippen molar-refractivity contribution in [1.29, 1.82) is 0 Å². The predicted octanol–water partition coefficient (Wildman–Crippen LogP) is 7.15. The van der Waals surface area contributed by atoms with Crippen molar-refractivity contribution in [3.8, 4) is 23.1 Å². The average Bonchev–Trinajstić information content (AvgIpc) is 3.84. The number of nitrogens with zero attached hydrogens (tertiary/aromatic N) is 4. The fourth-order valence-electron chi connectivity index (χ4n) is 7.30. The first kappa shape index (κ1) is 33.6. The molecule has 0 radical (unpaired) electrons. The van der Waals surface area contributed by atoms with Gasteiger partial charge in [-0.15, -0.1) is 0 Å². The highest BCUT2D eigenvalue weighted by Gasteiger charge is 2.64. The highest BCUT2D eigenvalue weighted by molar-refractivity contribution is 5.78. The molecule has 2 aromatic heterocycles. The molecular weight excluding hydrogens is 639 g/mol. The van der Waals surface area contributed by atoms with Gasteiger partial charge in [0.25, 0.3) is 0 Å². The molecule has 12 heteroatoms. The molecule has 3 fully saturated rings. The summed E-state index contributed by atoms with van der Waals surface area (Å²) >= 11 is 0. The SMILES string of the molecule is CC(C)(C)OC(=O)N1CCC[C@H]1c1ncc(-c2ccc(C#Cc3ccc4nc([C@@H]5[C@@H]6C[C@@](O)(C[C@@H]6F)N5C(=O)OC(C)(C)C)[nH]c4c3)cc2)[nH]1. The summed E-state index contributed by atoms with van der Waals surface area (Å²) in [6, 6.07) is 12.5. The summed E-state index contributed by atoms with van der Waals surface area (Å²) in [4.78, 5) is 44.9. The minimum Gasteiger partial charge on any atom is -0.444 e. The first-order chi connectivity index (χ1) is 23.6. The maximum absolute atomic E-state index is 15.0. The first-order valence-corrected chi connectivity index (χ1v) is 17.1. The molecule has 3 N–H and O–H groups in total. The van der Waals surface area contributed by atoms with Crippen LogP contribution in [0.1, 0.15) is 102 Å². The molecule has 4 aromatic rings. The van der Waals surface area contributed by atoms with Crippen LogP contribution in [-0.4, -0.2) is 76.7 Å². The standard InChI is InChI=1S/C38H43FN6O5/c1-36(2,3)49-34(46)44-17-7-8-30(44)32-40-21-29(43-32)24-14-11-22(12-15-24)9-10-23-13-16-27-28(18-23)42-33(41-27)31-25-19-38(48,20-26(25)39)45(31)35(47)50-37(4,5)6/h11-16,18,21,25-26,30-31,48H,7-8,17,19-20H2,1-6H3,(H,40,43)(H,41,42)/t25-,26+,30+,31+,38-/m1/s1. The fraction of sp³-hybridized carbons (Fsp3) is 0.474. The van der Waals surface area contributed by atoms with Crippen LogP contribution in [0.5, 0.6) is 0 Å². The smallest absolute Gasteiger partial charge is 0.413 e. The van der Waals surface area contributed by atoms with E-state index in [2.05, 4.69) is 26.8 Å². The molecule has 7 rings (SSSR count). The largest absolute Gasteiger partial charge is 0.444 e. The van der Waals surface area contributed by atoms with Gasteiger partial charge in [0.05, 0.1) is 29.0 Å². The zero-order chi connectivity index (χ0) is 35.6. The van der Waals surface area contributed by atoms with Crippen molar-refractivity contribution in [1.82, 2.24) is 29.7 Å². The monoisotopic (exact) mass is 682 g/mol. The summed E-state index contributed by atoms with van der Waals surface area (Å²) in [7, 11) is 0. The number of hydrogen-bond donors (Lipinski definition) is 3. The maximum Gasteiger partial charge on any atom is 0.413 e. The zero-order valence-corrected chi connectivity index (χ0v) is 29.2. The Morgan fingerprint density at radius 3 is 2.34 bits per heavy atom. The molecule has 1 aliphatic carbocycles. The van der Waals surface area contributed by atoms with Crippen molar-refractivity contribution < 1.29 is 28.6 Å². The number of carbonyl (C=O) groups excluding carboxylic acids is 2. The second kappa shape index (κ2) is 12.2. The van der Waals surface area contributed by atoms with E-state index in [-0.39, 0.29) is 25.0 Å². The number of carbonyl (C=O) groups is 2. The molecule has 2 amide bonds. The van der Waals surface area contributed by atoms with Gasteiger partial charge in [0.15, 0.2) is 0 Å². The van der Waals surface area contributed by atoms with E-state index in [0.717, 1.165) is 41.1 Å². The lowest BCUT2D eigenvalue weighted by atomic mass is 9.96. The van der Waals surface area contributed by atoms with Crippen molar-refractivity contribution in [2.75, 3.05) is 6.54 Å². The summed E-state index contributed by atoms with van der Waals surface area (Å²) < 4.78 is 26.2.